The number of benzene rings is 2. The second-order valence-corrected chi connectivity index (χ2v) is 8.98. The molecule has 182 valence electrons. The van der Waals surface area contributed by atoms with Gasteiger partial charge in [0.25, 0.3) is 0 Å². The van der Waals surface area contributed by atoms with Crippen molar-refractivity contribution in [3.8, 4) is 0 Å². The summed E-state index contributed by atoms with van der Waals surface area (Å²) in [5.74, 6) is 1.22. The summed E-state index contributed by atoms with van der Waals surface area (Å²) >= 11 is 0. The van der Waals surface area contributed by atoms with Crippen LogP contribution >= 0.6 is 0 Å². The van der Waals surface area contributed by atoms with Gasteiger partial charge in [0.2, 0.25) is 5.91 Å². The highest BCUT2D eigenvalue weighted by molar-refractivity contribution is 5.91. The van der Waals surface area contributed by atoms with Gasteiger partial charge in [-0.05, 0) is 49.1 Å². The van der Waals surface area contributed by atoms with E-state index < -0.39 is 0 Å². The van der Waals surface area contributed by atoms with E-state index in [4.69, 9.17) is 9.72 Å². The number of hydrogen-bond acceptors (Lipinski definition) is 5. The summed E-state index contributed by atoms with van der Waals surface area (Å²) < 4.78 is 5.31. The van der Waals surface area contributed by atoms with Gasteiger partial charge in [0.1, 0.15) is 5.82 Å². The molecule has 2 aromatic carbocycles. The molecule has 6 nitrogen and oxygen atoms in total. The Morgan fingerprint density at radius 1 is 1.06 bits per heavy atom. The van der Waals surface area contributed by atoms with Crippen molar-refractivity contribution in [2.75, 3.05) is 25.5 Å². The minimum Gasteiger partial charge on any atom is -0.483 e. The van der Waals surface area contributed by atoms with Gasteiger partial charge in [0.05, 0.1) is 25.3 Å². The van der Waals surface area contributed by atoms with Gasteiger partial charge in [-0.25, -0.2) is 4.98 Å². The molecule has 1 fully saturated rings. The van der Waals surface area contributed by atoms with Gasteiger partial charge in [-0.1, -0.05) is 66.7 Å². The summed E-state index contributed by atoms with van der Waals surface area (Å²) in [4.78, 5) is 19.8. The van der Waals surface area contributed by atoms with E-state index in [0.29, 0.717) is 18.3 Å². The molecule has 0 aliphatic carbocycles. The molecule has 1 amide bonds. The van der Waals surface area contributed by atoms with Crippen molar-refractivity contribution < 1.29 is 9.53 Å². The van der Waals surface area contributed by atoms with Crippen LogP contribution in [0.1, 0.15) is 41.3 Å². The van der Waals surface area contributed by atoms with Gasteiger partial charge < -0.3 is 20.3 Å². The summed E-state index contributed by atoms with van der Waals surface area (Å²) in [5, 5.41) is 6.84. The topological polar surface area (TPSA) is 66.5 Å². The highest BCUT2D eigenvalue weighted by Gasteiger charge is 2.26. The maximum atomic E-state index is 12.7. The fraction of sp³-hybridized carbons (Fsp3) is 0.310. The molecule has 0 radical (unpaired) electrons. The molecule has 1 saturated heterocycles. The molecular formula is C29H34N4O2. The predicted octanol–water partition coefficient (Wildman–Crippen LogP) is 4.83. The lowest BCUT2D eigenvalue weighted by Gasteiger charge is -2.36. The molecule has 2 heterocycles. The van der Waals surface area contributed by atoms with Crippen LogP contribution in [-0.2, 0) is 16.0 Å². The molecule has 0 saturated carbocycles. The quantitative estimate of drug-likeness (QED) is 0.439. The van der Waals surface area contributed by atoms with Gasteiger partial charge in [-0.15, -0.1) is 0 Å². The van der Waals surface area contributed by atoms with Crippen LogP contribution in [0.5, 0.6) is 0 Å². The minimum absolute atomic E-state index is 0.0755. The third-order valence-electron chi connectivity index (χ3n) is 6.50. The predicted molar refractivity (Wildman–Crippen MR) is 140 cm³/mol. The van der Waals surface area contributed by atoms with Crippen LogP contribution in [0.15, 0.2) is 85.3 Å². The maximum absolute atomic E-state index is 12.7. The van der Waals surface area contributed by atoms with Crippen LogP contribution in [-0.4, -0.2) is 42.0 Å². The molecular weight excluding hydrogens is 436 g/mol. The van der Waals surface area contributed by atoms with E-state index in [1.54, 1.807) is 7.11 Å². The summed E-state index contributed by atoms with van der Waals surface area (Å²) in [6.45, 7) is 7.85. The number of nitrogens with zero attached hydrogens (tertiary/aromatic N) is 2. The van der Waals surface area contributed by atoms with E-state index in [9.17, 15) is 4.79 Å². The largest absolute Gasteiger partial charge is 0.483 e. The number of aromatic nitrogens is 1. The molecule has 1 aliphatic rings. The van der Waals surface area contributed by atoms with E-state index >= 15 is 0 Å². The smallest absolute Gasteiger partial charge is 0.229 e. The number of amides is 1. The average molecular weight is 471 g/mol. The number of carbonyl (C=O) groups excluding carboxylic acids is 1. The Morgan fingerprint density at radius 3 is 2.37 bits per heavy atom. The number of pyridine rings is 1. The van der Waals surface area contributed by atoms with Crippen LogP contribution < -0.4 is 10.6 Å². The first-order chi connectivity index (χ1) is 17.0. The zero-order valence-electron chi connectivity index (χ0n) is 20.5. The lowest BCUT2D eigenvalue weighted by Crippen LogP contribution is -2.44. The number of aryl methyl sites for hydroxylation is 1. The first-order valence-corrected chi connectivity index (χ1v) is 12.1. The van der Waals surface area contributed by atoms with Crippen molar-refractivity contribution in [3.63, 3.8) is 0 Å². The van der Waals surface area contributed by atoms with Gasteiger partial charge in [-0.2, -0.15) is 0 Å². The number of rotatable bonds is 9. The molecule has 3 aromatic rings. The molecule has 4 rings (SSSR count). The number of piperidine rings is 1. The Morgan fingerprint density at radius 2 is 1.71 bits per heavy atom. The van der Waals surface area contributed by atoms with Gasteiger partial charge >= 0.3 is 0 Å². The lowest BCUT2D eigenvalue weighted by atomic mass is 9.96. The fourth-order valence-corrected chi connectivity index (χ4v) is 4.51. The molecule has 6 heteroatoms. The number of methoxy groups -OCH3 is 1. The summed E-state index contributed by atoms with van der Waals surface area (Å²) in [7, 11) is 1.66. The van der Waals surface area contributed by atoms with E-state index in [0.717, 1.165) is 54.2 Å². The molecule has 1 aliphatic heterocycles. The Bertz CT molecular complexity index is 1130. The number of carbonyl (C=O) groups is 1. The van der Waals surface area contributed by atoms with Crippen molar-refractivity contribution in [1.29, 1.82) is 0 Å². The van der Waals surface area contributed by atoms with Crippen molar-refractivity contribution in [3.05, 3.63) is 108 Å². The first-order valence-electron chi connectivity index (χ1n) is 12.1. The van der Waals surface area contributed by atoms with E-state index in [1.165, 1.54) is 0 Å². The highest BCUT2D eigenvalue weighted by Crippen LogP contribution is 2.27. The van der Waals surface area contributed by atoms with Crippen LogP contribution in [0.25, 0.3) is 0 Å². The van der Waals surface area contributed by atoms with Crippen LogP contribution in [0.2, 0.25) is 0 Å². The number of ether oxygens (including phenoxy) is 1. The van der Waals surface area contributed by atoms with Gasteiger partial charge in [0.15, 0.2) is 5.88 Å². The highest BCUT2D eigenvalue weighted by atomic mass is 16.5. The number of likely N-dealkylation sites (tertiary alicyclic amines) is 1. The Labute approximate surface area is 208 Å². The van der Waals surface area contributed by atoms with E-state index in [2.05, 4.69) is 53.3 Å². The summed E-state index contributed by atoms with van der Waals surface area (Å²) in [6.07, 6.45) is 2.29. The van der Waals surface area contributed by atoms with E-state index in [1.807, 2.05) is 48.5 Å². The molecule has 1 aromatic heterocycles. The van der Waals surface area contributed by atoms with Crippen molar-refractivity contribution in [1.82, 2.24) is 15.2 Å². The normalized spacial score (nSPS) is 14.9. The average Bonchev–Trinajstić information content (AvgIpc) is 2.89. The summed E-state index contributed by atoms with van der Waals surface area (Å²) in [5.41, 5.74) is 4.14. The molecule has 35 heavy (non-hydrogen) atoms. The minimum atomic E-state index is -0.0793. The fourth-order valence-electron chi connectivity index (χ4n) is 4.51. The van der Waals surface area contributed by atoms with Crippen molar-refractivity contribution in [2.45, 2.75) is 38.3 Å². The monoisotopic (exact) mass is 470 g/mol. The van der Waals surface area contributed by atoms with Crippen LogP contribution in [0.3, 0.4) is 0 Å². The Hall–Kier alpha value is -3.64. The van der Waals surface area contributed by atoms with Crippen molar-refractivity contribution >= 4 is 11.7 Å². The number of hydrogen-bond donors (Lipinski definition) is 2. The summed E-state index contributed by atoms with van der Waals surface area (Å²) in [6, 6.07) is 24.3. The van der Waals surface area contributed by atoms with Gasteiger partial charge in [0, 0.05) is 19.1 Å². The SMILES string of the molecule is C=C(OC)N1CCC(NC(c2ccccc2)c2nc(NC(=O)Cc3ccccc3)ccc2C)CC1. The first kappa shape index (κ1) is 24.5. The molecule has 0 bridgehead atoms. The van der Waals surface area contributed by atoms with E-state index in [-0.39, 0.29) is 11.9 Å². The second kappa shape index (κ2) is 11.7. The third kappa shape index (κ3) is 6.49. The maximum Gasteiger partial charge on any atom is 0.229 e. The number of nitrogens with one attached hydrogen (secondary N) is 2. The third-order valence-corrected chi connectivity index (χ3v) is 6.50. The van der Waals surface area contributed by atoms with Crippen molar-refractivity contribution in [2.24, 2.45) is 0 Å². The Kier molecular flexibility index (Phi) is 8.16. The van der Waals surface area contributed by atoms with Crippen LogP contribution in [0, 0.1) is 6.92 Å². The van der Waals surface area contributed by atoms with Gasteiger partial charge in [-0.3, -0.25) is 4.79 Å². The Balaban J connectivity index is 1.52. The molecule has 2 N–H and O–H groups in total. The lowest BCUT2D eigenvalue weighted by molar-refractivity contribution is -0.115. The second-order valence-electron chi connectivity index (χ2n) is 8.98. The molecule has 1 atom stereocenters. The zero-order chi connectivity index (χ0) is 24.6. The van der Waals surface area contributed by atoms with Crippen LogP contribution in [0.4, 0.5) is 5.82 Å². The zero-order valence-corrected chi connectivity index (χ0v) is 20.5. The standard InChI is InChI=1S/C29H34N4O2/c1-21-14-15-26(31-27(34)20-23-10-6-4-7-11-23)32-28(21)29(24-12-8-5-9-13-24)30-25-16-18-33(19-17-25)22(2)35-3/h4-15,25,29-30H,2,16-20H2,1,3H3,(H,31,32,34). The number of anilines is 1. The molecule has 1 unspecified atom stereocenters. The molecule has 0 spiro atoms.